The molecule has 0 unspecified atom stereocenters. The van der Waals surface area contributed by atoms with Gasteiger partial charge in [-0.1, -0.05) is 0 Å². The summed E-state index contributed by atoms with van der Waals surface area (Å²) in [6.45, 7) is 2.13. The molecule has 0 fully saturated rings. The van der Waals surface area contributed by atoms with Crippen molar-refractivity contribution in [3.05, 3.63) is 29.8 Å². The van der Waals surface area contributed by atoms with E-state index in [1.54, 1.807) is 0 Å². The molecule has 0 spiro atoms. The van der Waals surface area contributed by atoms with Crippen molar-refractivity contribution >= 4 is 40.0 Å². The van der Waals surface area contributed by atoms with Gasteiger partial charge in [0.2, 0.25) is 0 Å². The van der Waals surface area contributed by atoms with Gasteiger partial charge in [-0.15, -0.1) is 0 Å². The molecular formula is C8H9Cl2Tl. The number of benzene rings is 1. The average molecular weight is 380 g/mol. The van der Waals surface area contributed by atoms with Crippen LogP contribution in [0.2, 0.25) is 0 Å². The van der Waals surface area contributed by atoms with Crippen molar-refractivity contribution < 1.29 is 0 Å². The van der Waals surface area contributed by atoms with Crippen molar-refractivity contribution in [2.45, 2.75) is 13.3 Å². The number of hydrogen-bond acceptors (Lipinski definition) is 0. The third-order valence-electron chi connectivity index (χ3n) is 1.67. The Morgan fingerprint density at radius 1 is 1.27 bits per heavy atom. The molecule has 0 amide bonds. The van der Waals surface area contributed by atoms with Crippen LogP contribution in [0.25, 0.3) is 0 Å². The van der Waals surface area contributed by atoms with Crippen LogP contribution in [0, 0.1) is 0 Å². The van der Waals surface area contributed by atoms with E-state index >= 15 is 0 Å². The predicted octanol–water partition coefficient (Wildman–Crippen LogP) is 2.42. The molecule has 0 saturated heterocycles. The summed E-state index contributed by atoms with van der Waals surface area (Å²) in [4.78, 5) is 0. The molecule has 1 aromatic rings. The van der Waals surface area contributed by atoms with Gasteiger partial charge in [0.05, 0.1) is 0 Å². The Labute approximate surface area is 82.6 Å². The molecule has 1 aromatic carbocycles. The van der Waals surface area contributed by atoms with E-state index < -0.39 is 20.3 Å². The summed E-state index contributed by atoms with van der Waals surface area (Å²) in [6, 6.07) is 8.21. The fourth-order valence-corrected chi connectivity index (χ4v) is 8.06. The second-order valence-corrected chi connectivity index (χ2v) is 16.7. The van der Waals surface area contributed by atoms with Crippen LogP contribution in [0.15, 0.2) is 24.3 Å². The van der Waals surface area contributed by atoms with Crippen LogP contribution in [0.1, 0.15) is 12.5 Å². The molecule has 0 heterocycles. The predicted molar refractivity (Wildman–Crippen MR) is 52.9 cm³/mol. The molecule has 0 aliphatic rings. The van der Waals surface area contributed by atoms with Crippen molar-refractivity contribution in [1.29, 1.82) is 0 Å². The van der Waals surface area contributed by atoms with Gasteiger partial charge in [0, 0.05) is 0 Å². The number of halogens is 2. The average Bonchev–Trinajstić information content (AvgIpc) is 2.04. The zero-order valence-corrected chi connectivity index (χ0v) is 12.4. The summed E-state index contributed by atoms with van der Waals surface area (Å²) < 4.78 is 1.25. The van der Waals surface area contributed by atoms with Gasteiger partial charge in [-0.3, -0.25) is 0 Å². The summed E-state index contributed by atoms with van der Waals surface area (Å²) in [5, 5.41) is 0. The van der Waals surface area contributed by atoms with Crippen molar-refractivity contribution in [2.24, 2.45) is 0 Å². The maximum atomic E-state index is 5.97. The normalized spacial score (nSPS) is 9.73. The van der Waals surface area contributed by atoms with Gasteiger partial charge in [0.1, 0.15) is 0 Å². The molecule has 0 aliphatic heterocycles. The SMILES string of the molecule is CCc1cccc[c]1[Tl]([Cl])[Cl]. The standard InChI is InChI=1S/C8H9.2ClH.Tl/c1-2-8-6-4-3-5-7-8;;;/h3-6H,2H2,1H3;2*1H;/q;;;+2/p-2. The van der Waals surface area contributed by atoms with E-state index in [-0.39, 0.29) is 0 Å². The first-order valence-electron chi connectivity index (χ1n) is 3.61. The summed E-state index contributed by atoms with van der Waals surface area (Å²) in [7, 11) is 11.9. The molecule has 0 bridgehead atoms. The van der Waals surface area contributed by atoms with Crippen LogP contribution in [0.3, 0.4) is 0 Å². The van der Waals surface area contributed by atoms with E-state index in [9.17, 15) is 0 Å². The number of hydrogen-bond donors (Lipinski definition) is 0. The summed E-state index contributed by atoms with van der Waals surface area (Å²) >= 11 is -2.39. The van der Waals surface area contributed by atoms with E-state index in [2.05, 4.69) is 19.1 Å². The minimum absolute atomic E-state index is 1.03. The van der Waals surface area contributed by atoms with Crippen LogP contribution in [-0.4, -0.2) is 20.3 Å². The van der Waals surface area contributed by atoms with Crippen LogP contribution in [0.4, 0.5) is 0 Å². The van der Waals surface area contributed by atoms with Crippen molar-refractivity contribution in [2.75, 3.05) is 0 Å². The van der Waals surface area contributed by atoms with Gasteiger partial charge in [-0.05, 0) is 0 Å². The minimum atomic E-state index is -2.39. The Kier molecular flexibility index (Phi) is 4.17. The molecule has 0 radical (unpaired) electrons. The Morgan fingerprint density at radius 3 is 2.36 bits per heavy atom. The quantitative estimate of drug-likeness (QED) is 0.692. The molecule has 0 atom stereocenters. The van der Waals surface area contributed by atoms with E-state index in [0.29, 0.717) is 0 Å². The Balaban J connectivity index is 3.02. The molecule has 0 N–H and O–H groups in total. The number of aryl methyl sites for hydroxylation is 1. The van der Waals surface area contributed by atoms with Gasteiger partial charge in [-0.2, -0.15) is 0 Å². The topological polar surface area (TPSA) is 0 Å². The zero-order valence-electron chi connectivity index (χ0n) is 6.35. The first kappa shape index (κ1) is 9.81. The molecule has 0 aliphatic carbocycles. The van der Waals surface area contributed by atoms with Crippen molar-refractivity contribution in [3.63, 3.8) is 0 Å². The van der Waals surface area contributed by atoms with E-state index in [4.69, 9.17) is 16.6 Å². The molecule has 0 nitrogen and oxygen atoms in total. The Morgan fingerprint density at radius 2 is 1.91 bits per heavy atom. The second-order valence-electron chi connectivity index (χ2n) is 2.35. The van der Waals surface area contributed by atoms with Crippen molar-refractivity contribution in [3.8, 4) is 0 Å². The molecule has 3 heteroatoms. The van der Waals surface area contributed by atoms with Gasteiger partial charge < -0.3 is 0 Å². The number of rotatable bonds is 2. The fraction of sp³-hybridized carbons (Fsp3) is 0.250. The van der Waals surface area contributed by atoms with Crippen LogP contribution >= 0.6 is 16.6 Å². The van der Waals surface area contributed by atoms with Crippen molar-refractivity contribution in [1.82, 2.24) is 0 Å². The summed E-state index contributed by atoms with van der Waals surface area (Å²) in [6.07, 6.45) is 1.03. The monoisotopic (exact) mass is 380 g/mol. The first-order valence-corrected chi connectivity index (χ1v) is 16.9. The first-order chi connectivity index (χ1) is 5.25. The van der Waals surface area contributed by atoms with Gasteiger partial charge >= 0.3 is 83.2 Å². The second kappa shape index (κ2) is 4.68. The third kappa shape index (κ3) is 2.60. The molecule has 58 valence electrons. The fourth-order valence-electron chi connectivity index (χ4n) is 1.07. The maximum absolute atomic E-state index is 5.97. The Bertz CT molecular complexity index is 235. The van der Waals surface area contributed by atoms with Gasteiger partial charge in [0.15, 0.2) is 0 Å². The molecule has 1 rings (SSSR count). The molecule has 11 heavy (non-hydrogen) atoms. The molecule has 0 aromatic heterocycles. The van der Waals surface area contributed by atoms with Gasteiger partial charge in [0.25, 0.3) is 0 Å². The van der Waals surface area contributed by atoms with E-state index in [0.717, 1.165) is 6.42 Å². The summed E-state index contributed by atoms with van der Waals surface area (Å²) in [5.74, 6) is 0. The van der Waals surface area contributed by atoms with Crippen LogP contribution < -0.4 is 3.12 Å². The van der Waals surface area contributed by atoms with Gasteiger partial charge in [-0.25, -0.2) is 0 Å². The summed E-state index contributed by atoms with van der Waals surface area (Å²) in [5.41, 5.74) is 1.32. The third-order valence-corrected chi connectivity index (χ3v) is 9.81. The van der Waals surface area contributed by atoms with E-state index in [1.165, 1.54) is 8.69 Å². The van der Waals surface area contributed by atoms with Crippen LogP contribution in [-0.2, 0) is 6.42 Å². The van der Waals surface area contributed by atoms with E-state index in [1.807, 2.05) is 12.1 Å². The zero-order chi connectivity index (χ0) is 8.27. The Hall–Kier alpha value is 0.722. The molecule has 0 saturated carbocycles. The molecular weight excluding hydrogens is 371 g/mol. The van der Waals surface area contributed by atoms with Crippen LogP contribution in [0.5, 0.6) is 0 Å².